The van der Waals surface area contributed by atoms with Crippen LogP contribution in [-0.2, 0) is 26.2 Å². The third-order valence-corrected chi connectivity index (χ3v) is 8.51. The first kappa shape index (κ1) is 29.4. The molecule has 0 spiro atoms. The zero-order valence-corrected chi connectivity index (χ0v) is 24.6. The van der Waals surface area contributed by atoms with E-state index in [9.17, 15) is 18.0 Å². The Morgan fingerprint density at radius 2 is 1.45 bits per heavy atom. The van der Waals surface area contributed by atoms with Gasteiger partial charge in [-0.25, -0.2) is 8.42 Å². The third-order valence-electron chi connectivity index (χ3n) is 6.19. The third kappa shape index (κ3) is 7.45. The van der Waals surface area contributed by atoms with Gasteiger partial charge in [0.2, 0.25) is 11.8 Å². The second-order valence-corrected chi connectivity index (χ2v) is 12.1. The second-order valence-electron chi connectivity index (χ2n) is 9.28. The molecule has 0 saturated carbocycles. The first-order valence-corrected chi connectivity index (χ1v) is 14.7. The first-order valence-electron chi connectivity index (χ1n) is 12.5. The summed E-state index contributed by atoms with van der Waals surface area (Å²) in [5.41, 5.74) is 3.19. The van der Waals surface area contributed by atoms with Crippen molar-refractivity contribution in [1.29, 1.82) is 0 Å². The van der Waals surface area contributed by atoms with Crippen LogP contribution < -0.4 is 9.62 Å². The second kappa shape index (κ2) is 13.1. The smallest absolute Gasteiger partial charge is 0.264 e. The summed E-state index contributed by atoms with van der Waals surface area (Å²) >= 11 is 3.38. The van der Waals surface area contributed by atoms with Crippen LogP contribution in [0.1, 0.15) is 37.0 Å². The largest absolute Gasteiger partial charge is 0.354 e. The predicted molar refractivity (Wildman–Crippen MR) is 154 cm³/mol. The van der Waals surface area contributed by atoms with Gasteiger partial charge in [-0.05, 0) is 69.2 Å². The standard InChI is InChI=1S/C29H34BrN3O4S/c1-5-18-31-29(35)23(4)32(19-24-10-6-21(2)7-11-24)28(34)20-33(26-14-12-25(30)13-15-26)38(36,37)27-16-8-22(3)9-17-27/h6-17,23H,5,18-20H2,1-4H3,(H,31,35). The molecule has 0 fully saturated rings. The minimum absolute atomic E-state index is 0.0811. The summed E-state index contributed by atoms with van der Waals surface area (Å²) in [5.74, 6) is -0.771. The Morgan fingerprint density at radius 1 is 0.895 bits per heavy atom. The number of sulfonamides is 1. The Hall–Kier alpha value is -3.17. The van der Waals surface area contributed by atoms with Crippen LogP contribution in [0, 0.1) is 13.8 Å². The predicted octanol–water partition coefficient (Wildman–Crippen LogP) is 5.20. The summed E-state index contributed by atoms with van der Waals surface area (Å²) in [6.45, 7) is 7.65. The monoisotopic (exact) mass is 599 g/mol. The quantitative estimate of drug-likeness (QED) is 0.328. The Balaban J connectivity index is 2.00. The van der Waals surface area contributed by atoms with Gasteiger partial charge in [0.1, 0.15) is 12.6 Å². The van der Waals surface area contributed by atoms with Crippen molar-refractivity contribution in [2.75, 3.05) is 17.4 Å². The van der Waals surface area contributed by atoms with Crippen LogP contribution in [0.25, 0.3) is 0 Å². The maximum absolute atomic E-state index is 13.8. The molecule has 0 aromatic heterocycles. The fraction of sp³-hybridized carbons (Fsp3) is 0.310. The SMILES string of the molecule is CCCNC(=O)C(C)N(Cc1ccc(C)cc1)C(=O)CN(c1ccc(Br)cc1)S(=O)(=O)c1ccc(C)cc1. The lowest BCUT2D eigenvalue weighted by Crippen LogP contribution is -2.51. The molecule has 1 N–H and O–H groups in total. The Labute approximate surface area is 234 Å². The van der Waals surface area contributed by atoms with Crippen LogP contribution in [0.5, 0.6) is 0 Å². The zero-order chi connectivity index (χ0) is 27.9. The van der Waals surface area contributed by atoms with Gasteiger partial charge in [-0.15, -0.1) is 0 Å². The molecule has 0 heterocycles. The number of carbonyl (C=O) groups excluding carboxylic acids is 2. The lowest BCUT2D eigenvalue weighted by atomic mass is 10.1. The molecule has 0 saturated heterocycles. The van der Waals surface area contributed by atoms with E-state index in [0.717, 1.165) is 31.9 Å². The van der Waals surface area contributed by atoms with E-state index < -0.39 is 28.5 Å². The summed E-state index contributed by atoms with van der Waals surface area (Å²) in [5, 5.41) is 2.85. The highest BCUT2D eigenvalue weighted by Crippen LogP contribution is 2.26. The lowest BCUT2D eigenvalue weighted by molar-refractivity contribution is -0.139. The fourth-order valence-corrected chi connectivity index (χ4v) is 5.52. The molecule has 0 bridgehead atoms. The molecule has 1 unspecified atom stereocenters. The minimum atomic E-state index is -4.08. The maximum atomic E-state index is 13.8. The van der Waals surface area contributed by atoms with Gasteiger partial charge in [-0.1, -0.05) is 70.4 Å². The van der Waals surface area contributed by atoms with Crippen molar-refractivity contribution >= 4 is 43.5 Å². The number of hydrogen-bond donors (Lipinski definition) is 1. The Morgan fingerprint density at radius 3 is 2.00 bits per heavy atom. The maximum Gasteiger partial charge on any atom is 0.264 e. The van der Waals surface area contributed by atoms with Gasteiger partial charge in [0.05, 0.1) is 10.6 Å². The van der Waals surface area contributed by atoms with E-state index in [1.807, 2.05) is 45.0 Å². The molecule has 7 nitrogen and oxygen atoms in total. The number of halogens is 1. The first-order chi connectivity index (χ1) is 18.0. The summed E-state index contributed by atoms with van der Waals surface area (Å²) in [7, 11) is -4.08. The van der Waals surface area contributed by atoms with Crippen molar-refractivity contribution in [3.63, 3.8) is 0 Å². The van der Waals surface area contributed by atoms with Crippen LogP contribution in [0.3, 0.4) is 0 Å². The zero-order valence-electron chi connectivity index (χ0n) is 22.1. The van der Waals surface area contributed by atoms with Crippen LogP contribution in [0.2, 0.25) is 0 Å². The number of anilines is 1. The summed E-state index contributed by atoms with van der Waals surface area (Å²) in [6, 6.07) is 20.1. The average molecular weight is 601 g/mol. The number of rotatable bonds is 11. The average Bonchev–Trinajstić information content (AvgIpc) is 2.90. The van der Waals surface area contributed by atoms with Gasteiger partial charge < -0.3 is 10.2 Å². The molecule has 2 amide bonds. The number of aryl methyl sites for hydroxylation is 2. The molecule has 38 heavy (non-hydrogen) atoms. The van der Waals surface area contributed by atoms with Gasteiger partial charge in [0.15, 0.2) is 0 Å². The molecular weight excluding hydrogens is 566 g/mol. The molecule has 1 atom stereocenters. The number of carbonyl (C=O) groups is 2. The normalized spacial score (nSPS) is 12.0. The van der Waals surface area contributed by atoms with Crippen molar-refractivity contribution in [3.8, 4) is 0 Å². The van der Waals surface area contributed by atoms with Crippen molar-refractivity contribution in [2.45, 2.75) is 51.6 Å². The number of nitrogens with one attached hydrogen (secondary N) is 1. The van der Waals surface area contributed by atoms with Crippen molar-refractivity contribution in [2.24, 2.45) is 0 Å². The number of nitrogens with zero attached hydrogens (tertiary/aromatic N) is 2. The van der Waals surface area contributed by atoms with E-state index in [1.54, 1.807) is 43.3 Å². The summed E-state index contributed by atoms with van der Waals surface area (Å²) < 4.78 is 29.5. The highest BCUT2D eigenvalue weighted by atomic mass is 79.9. The number of benzene rings is 3. The molecular formula is C29H34BrN3O4S. The minimum Gasteiger partial charge on any atom is -0.354 e. The molecule has 3 aromatic carbocycles. The van der Waals surface area contributed by atoms with E-state index >= 15 is 0 Å². The molecule has 202 valence electrons. The van der Waals surface area contributed by atoms with E-state index in [1.165, 1.54) is 17.0 Å². The van der Waals surface area contributed by atoms with E-state index in [-0.39, 0.29) is 17.3 Å². The fourth-order valence-electron chi connectivity index (χ4n) is 3.84. The van der Waals surface area contributed by atoms with Gasteiger partial charge in [-0.3, -0.25) is 13.9 Å². The molecule has 3 rings (SSSR count). The molecule has 9 heteroatoms. The molecule has 3 aromatic rings. The number of amides is 2. The van der Waals surface area contributed by atoms with Crippen LogP contribution in [0.4, 0.5) is 5.69 Å². The van der Waals surface area contributed by atoms with Crippen LogP contribution in [0.15, 0.2) is 82.2 Å². The summed E-state index contributed by atoms with van der Waals surface area (Å²) in [4.78, 5) is 28.3. The van der Waals surface area contributed by atoms with E-state index in [0.29, 0.717) is 12.2 Å². The van der Waals surface area contributed by atoms with Gasteiger partial charge >= 0.3 is 0 Å². The highest BCUT2D eigenvalue weighted by Gasteiger charge is 2.32. The lowest BCUT2D eigenvalue weighted by Gasteiger charge is -2.32. The van der Waals surface area contributed by atoms with Crippen molar-refractivity contribution in [1.82, 2.24) is 10.2 Å². The van der Waals surface area contributed by atoms with Gasteiger partial charge in [-0.2, -0.15) is 0 Å². The molecule has 0 aliphatic rings. The van der Waals surface area contributed by atoms with Crippen LogP contribution >= 0.6 is 15.9 Å². The van der Waals surface area contributed by atoms with E-state index in [2.05, 4.69) is 21.2 Å². The van der Waals surface area contributed by atoms with Gasteiger partial charge in [0, 0.05) is 17.6 Å². The van der Waals surface area contributed by atoms with Gasteiger partial charge in [0.25, 0.3) is 10.0 Å². The number of hydrogen-bond acceptors (Lipinski definition) is 4. The topological polar surface area (TPSA) is 86.8 Å². The van der Waals surface area contributed by atoms with Crippen LogP contribution in [-0.4, -0.2) is 44.3 Å². The molecule has 0 aliphatic heterocycles. The summed E-state index contributed by atoms with van der Waals surface area (Å²) in [6.07, 6.45) is 0.760. The van der Waals surface area contributed by atoms with Crippen molar-refractivity contribution in [3.05, 3.63) is 94.0 Å². The molecule has 0 radical (unpaired) electrons. The van der Waals surface area contributed by atoms with Crippen molar-refractivity contribution < 1.29 is 18.0 Å². The highest BCUT2D eigenvalue weighted by molar-refractivity contribution is 9.10. The molecule has 0 aliphatic carbocycles. The Kier molecular flexibility index (Phi) is 10.1. The van der Waals surface area contributed by atoms with E-state index in [4.69, 9.17) is 0 Å². The Bertz CT molecular complexity index is 1340.